The van der Waals surface area contributed by atoms with Crippen molar-refractivity contribution in [2.24, 2.45) is 5.10 Å². The fraction of sp³-hybridized carbons (Fsp3) is 0.115. The molecule has 3 aromatic carbocycles. The van der Waals surface area contributed by atoms with Crippen LogP contribution in [0.25, 0.3) is 11.3 Å². The zero-order chi connectivity index (χ0) is 24.8. The SMILES string of the molecule is CCOc1cc(C=NNc2nc(-c3ccc(Cl)cc3Cl)cs2)ccc1OC(=O)c1ccccc1C. The minimum absolute atomic E-state index is 0.342. The van der Waals surface area contributed by atoms with Crippen LogP contribution in [0.2, 0.25) is 10.0 Å². The van der Waals surface area contributed by atoms with Crippen molar-refractivity contribution in [3.8, 4) is 22.8 Å². The number of hydrogen-bond acceptors (Lipinski definition) is 7. The Balaban J connectivity index is 1.45. The van der Waals surface area contributed by atoms with E-state index < -0.39 is 5.97 Å². The monoisotopic (exact) mass is 525 g/mol. The molecule has 1 heterocycles. The number of esters is 1. The quantitative estimate of drug-likeness (QED) is 0.111. The lowest BCUT2D eigenvalue weighted by Gasteiger charge is -2.12. The Kier molecular flexibility index (Phi) is 8.02. The number of nitrogens with zero attached hydrogens (tertiary/aromatic N) is 2. The Morgan fingerprint density at radius 1 is 1.11 bits per heavy atom. The number of ether oxygens (including phenoxy) is 2. The van der Waals surface area contributed by atoms with Gasteiger partial charge in [0.15, 0.2) is 11.5 Å². The van der Waals surface area contributed by atoms with Crippen molar-refractivity contribution in [2.75, 3.05) is 12.0 Å². The van der Waals surface area contributed by atoms with Crippen molar-refractivity contribution < 1.29 is 14.3 Å². The van der Waals surface area contributed by atoms with Gasteiger partial charge < -0.3 is 9.47 Å². The van der Waals surface area contributed by atoms with Crippen LogP contribution in [0, 0.1) is 6.92 Å². The Bertz CT molecular complexity index is 1390. The molecule has 35 heavy (non-hydrogen) atoms. The zero-order valence-electron chi connectivity index (χ0n) is 18.9. The number of nitrogens with one attached hydrogen (secondary N) is 1. The van der Waals surface area contributed by atoms with Crippen LogP contribution in [-0.2, 0) is 0 Å². The van der Waals surface area contributed by atoms with Gasteiger partial charge in [0.25, 0.3) is 0 Å². The first-order valence-electron chi connectivity index (χ1n) is 10.7. The third-order valence-electron chi connectivity index (χ3n) is 4.92. The van der Waals surface area contributed by atoms with Crippen molar-refractivity contribution in [1.29, 1.82) is 0 Å². The molecule has 0 saturated carbocycles. The molecular weight excluding hydrogens is 505 g/mol. The fourth-order valence-corrected chi connectivity index (χ4v) is 4.39. The lowest BCUT2D eigenvalue weighted by atomic mass is 10.1. The van der Waals surface area contributed by atoms with Crippen molar-refractivity contribution in [3.05, 3.63) is 92.8 Å². The lowest BCUT2D eigenvalue weighted by molar-refractivity contribution is 0.0727. The summed E-state index contributed by atoms with van der Waals surface area (Å²) in [6.45, 7) is 4.15. The summed E-state index contributed by atoms with van der Waals surface area (Å²) < 4.78 is 11.3. The van der Waals surface area contributed by atoms with Gasteiger partial charge >= 0.3 is 5.97 Å². The predicted molar refractivity (Wildman–Crippen MR) is 143 cm³/mol. The van der Waals surface area contributed by atoms with Crippen LogP contribution in [-0.4, -0.2) is 23.8 Å². The van der Waals surface area contributed by atoms with Gasteiger partial charge in [-0.2, -0.15) is 5.10 Å². The van der Waals surface area contributed by atoms with Crippen LogP contribution >= 0.6 is 34.5 Å². The van der Waals surface area contributed by atoms with E-state index in [0.29, 0.717) is 38.8 Å². The molecule has 9 heteroatoms. The Morgan fingerprint density at radius 3 is 2.71 bits per heavy atom. The van der Waals surface area contributed by atoms with Gasteiger partial charge in [-0.15, -0.1) is 11.3 Å². The van der Waals surface area contributed by atoms with E-state index in [9.17, 15) is 4.79 Å². The van der Waals surface area contributed by atoms with Crippen LogP contribution in [0.1, 0.15) is 28.4 Å². The predicted octanol–water partition coefficient (Wildman–Crippen LogP) is 7.49. The van der Waals surface area contributed by atoms with Crippen LogP contribution in [0.4, 0.5) is 5.13 Å². The molecule has 4 rings (SSSR count). The highest BCUT2D eigenvalue weighted by molar-refractivity contribution is 7.14. The van der Waals surface area contributed by atoms with E-state index in [-0.39, 0.29) is 0 Å². The fourth-order valence-electron chi connectivity index (χ4n) is 3.22. The van der Waals surface area contributed by atoms with E-state index in [1.54, 1.807) is 48.7 Å². The molecule has 0 aliphatic rings. The molecule has 1 aromatic heterocycles. The normalized spacial score (nSPS) is 11.0. The smallest absolute Gasteiger partial charge is 0.343 e. The number of anilines is 1. The molecule has 0 amide bonds. The van der Waals surface area contributed by atoms with Crippen molar-refractivity contribution >= 4 is 51.9 Å². The number of thiazole rings is 1. The van der Waals surface area contributed by atoms with Gasteiger partial charge in [-0.05, 0) is 67.4 Å². The third kappa shape index (κ3) is 6.19. The Morgan fingerprint density at radius 2 is 1.94 bits per heavy atom. The lowest BCUT2D eigenvalue weighted by Crippen LogP contribution is -2.11. The number of carbonyl (C=O) groups excluding carboxylic acids is 1. The van der Waals surface area contributed by atoms with Crippen LogP contribution < -0.4 is 14.9 Å². The van der Waals surface area contributed by atoms with E-state index in [4.69, 9.17) is 32.7 Å². The maximum Gasteiger partial charge on any atom is 0.343 e. The van der Waals surface area contributed by atoms with Crippen LogP contribution in [0.15, 0.2) is 71.1 Å². The summed E-state index contributed by atoms with van der Waals surface area (Å²) in [4.78, 5) is 17.1. The first kappa shape index (κ1) is 24.7. The second-order valence-corrected chi connectivity index (χ2v) is 9.08. The van der Waals surface area contributed by atoms with Crippen molar-refractivity contribution in [1.82, 2.24) is 4.98 Å². The van der Waals surface area contributed by atoms with Gasteiger partial charge in [0.2, 0.25) is 5.13 Å². The number of aromatic nitrogens is 1. The highest BCUT2D eigenvalue weighted by atomic mass is 35.5. The molecule has 178 valence electrons. The molecular formula is C26H21Cl2N3O3S. The second kappa shape index (κ2) is 11.4. The van der Waals surface area contributed by atoms with E-state index in [2.05, 4.69) is 15.5 Å². The molecule has 0 aliphatic heterocycles. The summed E-state index contributed by atoms with van der Waals surface area (Å²) in [5.41, 5.74) is 6.55. The molecule has 0 fully saturated rings. The molecule has 0 atom stereocenters. The van der Waals surface area contributed by atoms with Crippen molar-refractivity contribution in [3.63, 3.8) is 0 Å². The standard InChI is InChI=1S/C26H21Cl2N3O3S/c1-3-33-24-12-17(8-11-23(24)34-25(32)19-7-5-4-6-16(19)2)14-29-31-26-30-22(15-35-26)20-10-9-18(27)13-21(20)28/h4-15H,3H2,1-2H3,(H,30,31). The molecule has 1 N–H and O–H groups in total. The molecule has 0 saturated heterocycles. The minimum atomic E-state index is -0.437. The van der Waals surface area contributed by atoms with Crippen molar-refractivity contribution in [2.45, 2.75) is 13.8 Å². The Labute approximate surface area is 217 Å². The van der Waals surface area contributed by atoms with Crippen LogP contribution in [0.3, 0.4) is 0 Å². The molecule has 0 bridgehead atoms. The van der Waals surface area contributed by atoms with Crippen LogP contribution in [0.5, 0.6) is 11.5 Å². The highest BCUT2D eigenvalue weighted by Gasteiger charge is 2.15. The second-order valence-electron chi connectivity index (χ2n) is 7.38. The van der Waals surface area contributed by atoms with Gasteiger partial charge in [0.1, 0.15) is 0 Å². The summed E-state index contributed by atoms with van der Waals surface area (Å²) in [5.74, 6) is 0.356. The molecule has 0 unspecified atom stereocenters. The number of carbonyl (C=O) groups is 1. The van der Waals surface area contributed by atoms with E-state index >= 15 is 0 Å². The van der Waals surface area contributed by atoms with Gasteiger partial charge in [0.05, 0.1) is 29.1 Å². The zero-order valence-corrected chi connectivity index (χ0v) is 21.2. The first-order chi connectivity index (χ1) is 16.9. The van der Waals surface area contributed by atoms with Gasteiger partial charge in [0, 0.05) is 16.0 Å². The summed E-state index contributed by atoms with van der Waals surface area (Å²) in [6.07, 6.45) is 1.63. The molecule has 0 spiro atoms. The maximum atomic E-state index is 12.6. The first-order valence-corrected chi connectivity index (χ1v) is 12.3. The molecule has 4 aromatic rings. The van der Waals surface area contributed by atoms with Gasteiger partial charge in [-0.3, -0.25) is 5.43 Å². The van der Waals surface area contributed by atoms with Gasteiger partial charge in [-0.1, -0.05) is 41.4 Å². The molecule has 6 nitrogen and oxygen atoms in total. The van der Waals surface area contributed by atoms with E-state index in [1.807, 2.05) is 37.4 Å². The molecule has 0 radical (unpaired) electrons. The summed E-state index contributed by atoms with van der Waals surface area (Å²) in [6, 6.07) is 17.8. The number of rotatable bonds is 8. The average Bonchev–Trinajstić information content (AvgIpc) is 3.29. The summed E-state index contributed by atoms with van der Waals surface area (Å²) in [5, 5.41) is 7.86. The highest BCUT2D eigenvalue weighted by Crippen LogP contribution is 2.32. The largest absolute Gasteiger partial charge is 0.490 e. The molecule has 0 aliphatic carbocycles. The maximum absolute atomic E-state index is 12.6. The number of benzene rings is 3. The third-order valence-corrected chi connectivity index (χ3v) is 6.22. The Hall–Kier alpha value is -3.39. The number of aryl methyl sites for hydroxylation is 1. The summed E-state index contributed by atoms with van der Waals surface area (Å²) in [7, 11) is 0. The van der Waals surface area contributed by atoms with E-state index in [0.717, 1.165) is 22.4 Å². The van der Waals surface area contributed by atoms with E-state index in [1.165, 1.54) is 11.3 Å². The number of hydrogen-bond donors (Lipinski definition) is 1. The minimum Gasteiger partial charge on any atom is -0.490 e. The van der Waals surface area contributed by atoms with Gasteiger partial charge in [-0.25, -0.2) is 9.78 Å². The summed E-state index contributed by atoms with van der Waals surface area (Å²) >= 11 is 13.6. The average molecular weight is 526 g/mol. The topological polar surface area (TPSA) is 72.8 Å². The number of hydrazone groups is 1. The number of halogens is 2.